The number of fused-ring (bicyclic) bond motifs is 3. The molecular weight excluding hydrogens is 420 g/mol. The number of rotatable bonds is 9. The average molecular weight is 453 g/mol. The first kappa shape index (κ1) is 24.3. The van der Waals surface area contributed by atoms with Gasteiger partial charge < -0.3 is 20.1 Å². The van der Waals surface area contributed by atoms with E-state index in [9.17, 15) is 19.5 Å². The van der Waals surface area contributed by atoms with Crippen molar-refractivity contribution in [2.24, 2.45) is 5.92 Å². The van der Waals surface area contributed by atoms with E-state index in [-0.39, 0.29) is 18.4 Å². The standard InChI is InChI=1S/C26H32N2O5/c1-5-16(2)14-23(24(29)28(4)17(3)25(30)31)27-26(32)33-15-22-20-12-8-6-10-18(20)19-11-7-9-13-21(19)22/h6-13,16-17,22-23H,5,14-15H2,1-4H3,(H,27,32)(H,30,31). The number of likely N-dealkylation sites (N-methyl/N-ethyl adjacent to an activating group) is 1. The molecule has 1 aliphatic carbocycles. The molecule has 0 saturated carbocycles. The van der Waals surface area contributed by atoms with Gasteiger partial charge in [-0.25, -0.2) is 9.59 Å². The zero-order valence-corrected chi connectivity index (χ0v) is 19.6. The van der Waals surface area contributed by atoms with Gasteiger partial charge in [0, 0.05) is 13.0 Å². The lowest BCUT2D eigenvalue weighted by Crippen LogP contribution is -2.52. The third-order valence-corrected chi connectivity index (χ3v) is 6.55. The molecule has 3 unspecified atom stereocenters. The number of aliphatic carboxylic acids is 1. The maximum absolute atomic E-state index is 13.0. The van der Waals surface area contributed by atoms with E-state index < -0.39 is 30.1 Å². The molecule has 3 atom stereocenters. The van der Waals surface area contributed by atoms with Gasteiger partial charge >= 0.3 is 12.1 Å². The number of amides is 2. The van der Waals surface area contributed by atoms with E-state index in [1.165, 1.54) is 14.0 Å². The van der Waals surface area contributed by atoms with Crippen LogP contribution in [0.1, 0.15) is 50.7 Å². The van der Waals surface area contributed by atoms with Crippen LogP contribution in [-0.4, -0.2) is 53.7 Å². The molecule has 2 aromatic carbocycles. The van der Waals surface area contributed by atoms with Crippen LogP contribution in [0, 0.1) is 5.92 Å². The normalized spacial score (nSPS) is 15.0. The summed E-state index contributed by atoms with van der Waals surface area (Å²) in [6, 6.07) is 14.3. The Morgan fingerprint density at radius 1 is 1.03 bits per heavy atom. The van der Waals surface area contributed by atoms with Gasteiger partial charge in [0.15, 0.2) is 0 Å². The van der Waals surface area contributed by atoms with Gasteiger partial charge in [-0.15, -0.1) is 0 Å². The lowest BCUT2D eigenvalue weighted by atomic mass is 9.98. The minimum Gasteiger partial charge on any atom is -0.480 e. The van der Waals surface area contributed by atoms with Crippen LogP contribution in [-0.2, 0) is 14.3 Å². The smallest absolute Gasteiger partial charge is 0.407 e. The molecule has 2 amide bonds. The number of hydrogen-bond acceptors (Lipinski definition) is 4. The molecule has 0 saturated heterocycles. The molecule has 7 heteroatoms. The van der Waals surface area contributed by atoms with Crippen molar-refractivity contribution >= 4 is 18.0 Å². The Labute approximate surface area is 194 Å². The fourth-order valence-corrected chi connectivity index (χ4v) is 4.18. The van der Waals surface area contributed by atoms with Gasteiger partial charge in [-0.1, -0.05) is 68.8 Å². The summed E-state index contributed by atoms with van der Waals surface area (Å²) in [6.45, 7) is 5.57. The Balaban J connectivity index is 1.70. The van der Waals surface area contributed by atoms with Crippen molar-refractivity contribution in [1.82, 2.24) is 10.2 Å². The first-order chi connectivity index (χ1) is 15.7. The molecule has 33 heavy (non-hydrogen) atoms. The molecule has 0 aromatic heterocycles. The van der Waals surface area contributed by atoms with Crippen LogP contribution >= 0.6 is 0 Å². The van der Waals surface area contributed by atoms with E-state index >= 15 is 0 Å². The van der Waals surface area contributed by atoms with E-state index in [1.54, 1.807) is 0 Å². The van der Waals surface area contributed by atoms with E-state index in [1.807, 2.05) is 50.2 Å². The van der Waals surface area contributed by atoms with E-state index in [2.05, 4.69) is 17.4 Å². The molecule has 0 aliphatic heterocycles. The highest BCUT2D eigenvalue weighted by Gasteiger charge is 2.32. The van der Waals surface area contributed by atoms with Gasteiger partial charge in [-0.05, 0) is 41.5 Å². The van der Waals surface area contributed by atoms with Crippen LogP contribution in [0.3, 0.4) is 0 Å². The van der Waals surface area contributed by atoms with Crippen molar-refractivity contribution < 1.29 is 24.2 Å². The molecule has 0 heterocycles. The number of benzene rings is 2. The van der Waals surface area contributed by atoms with Crippen LogP contribution in [0.15, 0.2) is 48.5 Å². The number of carboxylic acids is 1. The Kier molecular flexibility index (Phi) is 7.74. The summed E-state index contributed by atoms with van der Waals surface area (Å²) in [5.41, 5.74) is 4.48. The monoisotopic (exact) mass is 452 g/mol. The minimum atomic E-state index is -1.10. The highest BCUT2D eigenvalue weighted by molar-refractivity contribution is 5.89. The molecule has 0 bridgehead atoms. The van der Waals surface area contributed by atoms with Crippen LogP contribution in [0.5, 0.6) is 0 Å². The second-order valence-electron chi connectivity index (χ2n) is 8.73. The lowest BCUT2D eigenvalue weighted by Gasteiger charge is -2.28. The quantitative estimate of drug-likeness (QED) is 0.593. The van der Waals surface area contributed by atoms with Gasteiger partial charge in [-0.3, -0.25) is 4.79 Å². The molecule has 1 aliphatic rings. The molecule has 7 nitrogen and oxygen atoms in total. The Hall–Kier alpha value is -3.35. The second kappa shape index (κ2) is 10.5. The molecule has 2 aromatic rings. The van der Waals surface area contributed by atoms with Gasteiger partial charge in [0.2, 0.25) is 5.91 Å². The number of carbonyl (C=O) groups excluding carboxylic acids is 2. The molecule has 3 rings (SSSR count). The molecule has 0 spiro atoms. The number of carbonyl (C=O) groups is 3. The summed E-state index contributed by atoms with van der Waals surface area (Å²) >= 11 is 0. The van der Waals surface area contributed by atoms with Crippen molar-refractivity contribution in [3.63, 3.8) is 0 Å². The van der Waals surface area contributed by atoms with Crippen LogP contribution in [0.4, 0.5) is 4.79 Å². The maximum Gasteiger partial charge on any atom is 0.407 e. The van der Waals surface area contributed by atoms with Crippen LogP contribution in [0.25, 0.3) is 11.1 Å². The number of alkyl carbamates (subject to hydrolysis) is 1. The van der Waals surface area contributed by atoms with Crippen LogP contribution in [0.2, 0.25) is 0 Å². The summed E-state index contributed by atoms with van der Waals surface area (Å²) < 4.78 is 5.59. The fourth-order valence-electron chi connectivity index (χ4n) is 4.18. The number of nitrogens with zero attached hydrogens (tertiary/aromatic N) is 1. The highest BCUT2D eigenvalue weighted by Crippen LogP contribution is 2.44. The topological polar surface area (TPSA) is 95.9 Å². The molecule has 176 valence electrons. The SMILES string of the molecule is CCC(C)CC(NC(=O)OCC1c2ccccc2-c2ccccc21)C(=O)N(C)C(C)C(=O)O. The molecule has 0 fully saturated rings. The predicted octanol–water partition coefficient (Wildman–Crippen LogP) is 4.26. The second-order valence-corrected chi connectivity index (χ2v) is 8.73. The molecular formula is C26H32N2O5. The predicted molar refractivity (Wildman–Crippen MR) is 126 cm³/mol. The number of ether oxygens (including phenoxy) is 1. The van der Waals surface area contributed by atoms with Gasteiger partial charge in [-0.2, -0.15) is 0 Å². The van der Waals surface area contributed by atoms with E-state index in [0.29, 0.717) is 6.42 Å². The zero-order valence-electron chi connectivity index (χ0n) is 19.6. The highest BCUT2D eigenvalue weighted by atomic mass is 16.5. The van der Waals surface area contributed by atoms with E-state index in [4.69, 9.17) is 4.74 Å². The van der Waals surface area contributed by atoms with Crippen molar-refractivity contribution in [2.45, 2.75) is 51.6 Å². The lowest BCUT2D eigenvalue weighted by molar-refractivity contribution is -0.149. The van der Waals surface area contributed by atoms with Crippen molar-refractivity contribution in [2.75, 3.05) is 13.7 Å². The number of carboxylic acid groups (broad SMARTS) is 1. The largest absolute Gasteiger partial charge is 0.480 e. The van der Waals surface area contributed by atoms with Crippen molar-refractivity contribution in [3.8, 4) is 11.1 Å². The minimum absolute atomic E-state index is 0.0819. The Bertz CT molecular complexity index is 976. The summed E-state index contributed by atoms with van der Waals surface area (Å²) in [5.74, 6) is -1.46. The summed E-state index contributed by atoms with van der Waals surface area (Å²) in [5, 5.41) is 11.9. The van der Waals surface area contributed by atoms with E-state index in [0.717, 1.165) is 33.6 Å². The van der Waals surface area contributed by atoms with Gasteiger partial charge in [0.1, 0.15) is 18.7 Å². The van der Waals surface area contributed by atoms with Crippen LogP contribution < -0.4 is 5.32 Å². The zero-order chi connectivity index (χ0) is 24.1. The van der Waals surface area contributed by atoms with Gasteiger partial charge in [0.05, 0.1) is 0 Å². The third-order valence-electron chi connectivity index (χ3n) is 6.55. The Morgan fingerprint density at radius 2 is 1.58 bits per heavy atom. The van der Waals surface area contributed by atoms with Gasteiger partial charge in [0.25, 0.3) is 0 Å². The Morgan fingerprint density at radius 3 is 2.09 bits per heavy atom. The van der Waals surface area contributed by atoms with Crippen molar-refractivity contribution in [3.05, 3.63) is 59.7 Å². The first-order valence-corrected chi connectivity index (χ1v) is 11.4. The molecule has 2 N–H and O–H groups in total. The molecule has 0 radical (unpaired) electrons. The first-order valence-electron chi connectivity index (χ1n) is 11.4. The number of nitrogens with one attached hydrogen (secondary N) is 1. The van der Waals surface area contributed by atoms with Crippen molar-refractivity contribution in [1.29, 1.82) is 0 Å². The number of hydrogen-bond donors (Lipinski definition) is 2. The maximum atomic E-state index is 13.0. The third kappa shape index (κ3) is 5.35. The summed E-state index contributed by atoms with van der Waals surface area (Å²) in [7, 11) is 1.43. The summed E-state index contributed by atoms with van der Waals surface area (Å²) in [4.78, 5) is 38.1. The fraction of sp³-hybridized carbons (Fsp3) is 0.423. The average Bonchev–Trinajstić information content (AvgIpc) is 3.14. The summed E-state index contributed by atoms with van der Waals surface area (Å²) in [6.07, 6.45) is 0.541.